The molecule has 3 aromatic carbocycles. The Bertz CT molecular complexity index is 1270. The summed E-state index contributed by atoms with van der Waals surface area (Å²) in [6.45, 7) is 6.71. The Balaban J connectivity index is 1.45. The van der Waals surface area contributed by atoms with Crippen molar-refractivity contribution in [1.29, 1.82) is 0 Å². The molecule has 172 valence electrons. The predicted molar refractivity (Wildman–Crippen MR) is 134 cm³/mol. The van der Waals surface area contributed by atoms with Crippen LogP contribution in [0.15, 0.2) is 84.9 Å². The molecule has 0 fully saturated rings. The third-order valence-corrected chi connectivity index (χ3v) is 5.67. The first kappa shape index (κ1) is 23.1. The molecule has 0 saturated heterocycles. The van der Waals surface area contributed by atoms with Crippen molar-refractivity contribution in [2.24, 2.45) is 0 Å². The highest BCUT2D eigenvalue weighted by Gasteiger charge is 2.16. The lowest BCUT2D eigenvalue weighted by Gasteiger charge is -2.17. The first-order valence-corrected chi connectivity index (χ1v) is 11.2. The zero-order valence-electron chi connectivity index (χ0n) is 19.7. The Morgan fingerprint density at radius 1 is 0.765 bits per heavy atom. The number of nitrogens with one attached hydrogen (secondary N) is 1. The first-order valence-electron chi connectivity index (χ1n) is 11.2. The molecule has 0 radical (unpaired) electrons. The maximum atomic E-state index is 13.0. The van der Waals surface area contributed by atoms with E-state index < -0.39 is 0 Å². The molecule has 5 nitrogen and oxygen atoms in total. The minimum absolute atomic E-state index is 0.238. The van der Waals surface area contributed by atoms with Gasteiger partial charge in [0.2, 0.25) is 0 Å². The molecule has 1 N–H and O–H groups in total. The van der Waals surface area contributed by atoms with Crippen molar-refractivity contribution in [3.05, 3.63) is 118 Å². The third-order valence-electron chi connectivity index (χ3n) is 5.67. The molecule has 4 rings (SSSR count). The van der Waals surface area contributed by atoms with Crippen LogP contribution in [-0.2, 0) is 13.2 Å². The van der Waals surface area contributed by atoms with Crippen molar-refractivity contribution < 1.29 is 14.3 Å². The molecule has 5 heteroatoms. The normalized spacial score (nSPS) is 10.6. The van der Waals surface area contributed by atoms with Gasteiger partial charge in [0.25, 0.3) is 5.91 Å². The lowest BCUT2D eigenvalue weighted by atomic mass is 10.1. The van der Waals surface area contributed by atoms with Gasteiger partial charge in [0.1, 0.15) is 30.5 Å². The second-order valence-electron chi connectivity index (χ2n) is 8.16. The minimum Gasteiger partial charge on any atom is -0.489 e. The van der Waals surface area contributed by atoms with Crippen LogP contribution < -0.4 is 14.8 Å². The van der Waals surface area contributed by atoms with Gasteiger partial charge < -0.3 is 14.8 Å². The summed E-state index contributed by atoms with van der Waals surface area (Å²) in [5.41, 5.74) is 5.22. The topological polar surface area (TPSA) is 60.5 Å². The molecular formula is C29H28N2O3. The predicted octanol–water partition coefficient (Wildman–Crippen LogP) is 6.42. The van der Waals surface area contributed by atoms with Gasteiger partial charge in [0, 0.05) is 5.56 Å². The highest BCUT2D eigenvalue weighted by molar-refractivity contribution is 6.04. The zero-order chi connectivity index (χ0) is 23.9. The monoisotopic (exact) mass is 452 g/mol. The summed E-state index contributed by atoms with van der Waals surface area (Å²) in [5, 5.41) is 2.95. The average molecular weight is 453 g/mol. The first-order chi connectivity index (χ1) is 16.5. The number of anilines is 1. The minimum atomic E-state index is -0.238. The van der Waals surface area contributed by atoms with E-state index >= 15 is 0 Å². The molecule has 4 aromatic rings. The van der Waals surface area contributed by atoms with Crippen LogP contribution in [-0.4, -0.2) is 10.9 Å². The van der Waals surface area contributed by atoms with Gasteiger partial charge >= 0.3 is 0 Å². The maximum absolute atomic E-state index is 13.0. The number of aromatic nitrogens is 1. The Morgan fingerprint density at radius 3 is 2.03 bits per heavy atom. The molecule has 34 heavy (non-hydrogen) atoms. The van der Waals surface area contributed by atoms with Crippen LogP contribution >= 0.6 is 0 Å². The second-order valence-corrected chi connectivity index (χ2v) is 8.16. The van der Waals surface area contributed by atoms with Crippen LogP contribution in [0.3, 0.4) is 0 Å². The molecule has 0 spiro atoms. The van der Waals surface area contributed by atoms with Gasteiger partial charge in [0.15, 0.2) is 0 Å². The van der Waals surface area contributed by atoms with E-state index in [0.29, 0.717) is 30.3 Å². The zero-order valence-corrected chi connectivity index (χ0v) is 19.7. The van der Waals surface area contributed by atoms with Gasteiger partial charge in [-0.3, -0.25) is 4.79 Å². The Labute approximate surface area is 200 Å². The van der Waals surface area contributed by atoms with Crippen molar-refractivity contribution in [1.82, 2.24) is 4.98 Å². The van der Waals surface area contributed by atoms with E-state index in [1.54, 1.807) is 12.1 Å². The number of aryl methyl sites for hydroxylation is 1. The van der Waals surface area contributed by atoms with Crippen LogP contribution in [0.25, 0.3) is 0 Å². The van der Waals surface area contributed by atoms with Crippen LogP contribution in [0.4, 0.5) is 5.82 Å². The Kier molecular flexibility index (Phi) is 7.23. The van der Waals surface area contributed by atoms with Crippen molar-refractivity contribution in [3.8, 4) is 11.5 Å². The van der Waals surface area contributed by atoms with E-state index in [1.807, 2.05) is 93.6 Å². The van der Waals surface area contributed by atoms with E-state index in [4.69, 9.17) is 9.47 Å². The van der Waals surface area contributed by atoms with Crippen molar-refractivity contribution >= 4 is 11.7 Å². The number of hydrogen-bond acceptors (Lipinski definition) is 4. The largest absolute Gasteiger partial charge is 0.489 e. The fraction of sp³-hybridized carbons (Fsp3) is 0.172. The summed E-state index contributed by atoms with van der Waals surface area (Å²) in [7, 11) is 0. The van der Waals surface area contributed by atoms with Crippen LogP contribution in [0.5, 0.6) is 11.5 Å². The molecule has 0 aliphatic rings. The van der Waals surface area contributed by atoms with Crippen LogP contribution in [0.1, 0.15) is 38.3 Å². The summed E-state index contributed by atoms with van der Waals surface area (Å²) >= 11 is 0. The van der Waals surface area contributed by atoms with Gasteiger partial charge in [0.05, 0.1) is 5.69 Å². The number of benzene rings is 3. The molecule has 0 aliphatic carbocycles. The molecule has 1 amide bonds. The number of rotatable bonds is 8. The van der Waals surface area contributed by atoms with Gasteiger partial charge in [-0.25, -0.2) is 4.98 Å². The van der Waals surface area contributed by atoms with Crippen molar-refractivity contribution in [3.63, 3.8) is 0 Å². The number of pyridine rings is 1. The lowest BCUT2D eigenvalue weighted by Crippen LogP contribution is -2.15. The molecular weight excluding hydrogens is 424 g/mol. The summed E-state index contributed by atoms with van der Waals surface area (Å²) < 4.78 is 11.9. The summed E-state index contributed by atoms with van der Waals surface area (Å²) in [6.07, 6.45) is 0. The third kappa shape index (κ3) is 5.62. The number of amides is 1. The lowest BCUT2D eigenvalue weighted by molar-refractivity contribution is 0.102. The van der Waals surface area contributed by atoms with Crippen molar-refractivity contribution in [2.45, 2.75) is 34.0 Å². The fourth-order valence-electron chi connectivity index (χ4n) is 3.63. The fourth-order valence-corrected chi connectivity index (χ4v) is 3.63. The van der Waals surface area contributed by atoms with E-state index in [0.717, 1.165) is 33.7 Å². The quantitative estimate of drug-likeness (QED) is 0.335. The van der Waals surface area contributed by atoms with E-state index in [9.17, 15) is 4.79 Å². The van der Waals surface area contributed by atoms with Crippen LogP contribution in [0.2, 0.25) is 0 Å². The van der Waals surface area contributed by atoms with Crippen LogP contribution in [0, 0.1) is 20.8 Å². The molecule has 1 aromatic heterocycles. The molecule has 0 saturated carbocycles. The van der Waals surface area contributed by atoms with E-state index in [2.05, 4.69) is 10.3 Å². The highest BCUT2D eigenvalue weighted by Crippen LogP contribution is 2.30. The smallest absolute Gasteiger partial charge is 0.256 e. The average Bonchev–Trinajstić information content (AvgIpc) is 2.87. The number of carbonyl (C=O) groups excluding carboxylic acids is 1. The summed E-state index contributed by atoms with van der Waals surface area (Å²) in [6, 6.07) is 27.1. The van der Waals surface area contributed by atoms with Gasteiger partial charge in [-0.05, 0) is 61.2 Å². The highest BCUT2D eigenvalue weighted by atomic mass is 16.5. The van der Waals surface area contributed by atoms with E-state index in [1.165, 1.54) is 0 Å². The van der Waals surface area contributed by atoms with Gasteiger partial charge in [-0.15, -0.1) is 0 Å². The second kappa shape index (κ2) is 10.7. The maximum Gasteiger partial charge on any atom is 0.256 e. The SMILES string of the molecule is Cc1nc(NC(=O)c2cccc(OCc3ccccc3)c2)c(C)c(C)c1OCc1ccccc1. The van der Waals surface area contributed by atoms with Gasteiger partial charge in [-0.1, -0.05) is 66.7 Å². The number of carbonyl (C=O) groups is 1. The summed E-state index contributed by atoms with van der Waals surface area (Å²) in [5.74, 6) is 1.68. The molecule has 0 bridgehead atoms. The summed E-state index contributed by atoms with van der Waals surface area (Å²) in [4.78, 5) is 17.6. The molecule has 0 aliphatic heterocycles. The van der Waals surface area contributed by atoms with Crippen molar-refractivity contribution in [2.75, 3.05) is 5.32 Å². The molecule has 0 unspecified atom stereocenters. The molecule has 1 heterocycles. The van der Waals surface area contributed by atoms with Gasteiger partial charge in [-0.2, -0.15) is 0 Å². The molecule has 0 atom stereocenters. The Morgan fingerprint density at radius 2 is 1.38 bits per heavy atom. The van der Waals surface area contributed by atoms with E-state index in [-0.39, 0.29) is 5.91 Å². The Hall–Kier alpha value is -4.12. The standard InChI is InChI=1S/C29H28N2O3/c1-20-21(2)28(30-22(3)27(20)34-19-24-13-8-5-9-14-24)31-29(32)25-15-10-16-26(17-25)33-18-23-11-6-4-7-12-23/h4-17H,18-19H2,1-3H3,(H,30,31,32). The number of hydrogen-bond donors (Lipinski definition) is 1. The number of ether oxygens (including phenoxy) is 2. The number of nitrogens with zero attached hydrogens (tertiary/aromatic N) is 1.